The van der Waals surface area contributed by atoms with Crippen molar-refractivity contribution in [2.24, 2.45) is 0 Å². The maximum absolute atomic E-state index is 12.1. The lowest BCUT2D eigenvalue weighted by molar-refractivity contribution is 0.0943. The molecule has 1 amide bonds. The predicted octanol–water partition coefficient (Wildman–Crippen LogP) is 3.43. The van der Waals surface area contributed by atoms with Crippen LogP contribution in [-0.4, -0.2) is 27.4 Å². The minimum atomic E-state index is -0.237. The Bertz CT molecular complexity index is 807. The molecule has 0 radical (unpaired) electrons. The molecule has 0 aliphatic carbocycles. The Balaban J connectivity index is 1.49. The summed E-state index contributed by atoms with van der Waals surface area (Å²) in [5.74, 6) is 0.344. The molecule has 0 bridgehead atoms. The second-order valence-electron chi connectivity index (χ2n) is 5.38. The first-order valence-electron chi connectivity index (χ1n) is 7.63. The molecule has 0 unspecified atom stereocenters. The molecule has 124 valence electrons. The van der Waals surface area contributed by atoms with E-state index in [-0.39, 0.29) is 11.6 Å². The number of hydrogen-bond donors (Lipinski definition) is 1. The highest BCUT2D eigenvalue weighted by atomic mass is 79.9. The molecular weight excluding hydrogens is 372 g/mol. The van der Waals surface area contributed by atoms with Gasteiger partial charge in [-0.1, -0.05) is 35.5 Å². The maximum Gasteiger partial charge on any atom is 0.273 e. The van der Waals surface area contributed by atoms with Crippen LogP contribution in [0.5, 0.6) is 0 Å². The topological polar surface area (TPSA) is 73.0 Å². The maximum atomic E-state index is 12.1. The van der Waals surface area contributed by atoms with E-state index in [0.717, 1.165) is 28.7 Å². The van der Waals surface area contributed by atoms with Crippen molar-refractivity contribution in [3.05, 3.63) is 58.5 Å². The van der Waals surface area contributed by atoms with Crippen molar-refractivity contribution in [3.8, 4) is 11.3 Å². The minimum Gasteiger partial charge on any atom is -0.355 e. The molecule has 0 atom stereocenters. The first kappa shape index (κ1) is 16.4. The number of benzene rings is 1. The van der Waals surface area contributed by atoms with Crippen molar-refractivity contribution in [2.75, 3.05) is 6.54 Å². The van der Waals surface area contributed by atoms with Crippen LogP contribution in [0.2, 0.25) is 0 Å². The number of aryl methyl sites for hydroxylation is 2. The Kier molecular flexibility index (Phi) is 5.10. The van der Waals surface area contributed by atoms with Crippen LogP contribution in [0.15, 0.2) is 51.6 Å². The Labute approximate surface area is 148 Å². The van der Waals surface area contributed by atoms with Crippen LogP contribution >= 0.6 is 15.9 Å². The van der Waals surface area contributed by atoms with E-state index in [4.69, 9.17) is 4.52 Å². The van der Waals surface area contributed by atoms with Gasteiger partial charge in [0.15, 0.2) is 11.5 Å². The number of nitrogens with one attached hydrogen (secondary N) is 1. The second-order valence-corrected chi connectivity index (χ2v) is 6.23. The van der Waals surface area contributed by atoms with E-state index in [1.54, 1.807) is 6.07 Å². The van der Waals surface area contributed by atoms with Crippen LogP contribution in [0.4, 0.5) is 0 Å². The van der Waals surface area contributed by atoms with Gasteiger partial charge in [-0.3, -0.25) is 9.48 Å². The van der Waals surface area contributed by atoms with Crippen LogP contribution in [0.1, 0.15) is 22.6 Å². The van der Waals surface area contributed by atoms with E-state index in [1.807, 2.05) is 48.1 Å². The van der Waals surface area contributed by atoms with E-state index in [9.17, 15) is 4.79 Å². The van der Waals surface area contributed by atoms with Crippen LogP contribution in [-0.2, 0) is 6.54 Å². The summed E-state index contributed by atoms with van der Waals surface area (Å²) in [5, 5.41) is 11.0. The quantitative estimate of drug-likeness (QED) is 0.656. The SMILES string of the molecule is Cc1nn(CCCNC(=O)c2cc(-c3ccccc3)on2)cc1Br. The lowest BCUT2D eigenvalue weighted by Crippen LogP contribution is -2.25. The van der Waals surface area contributed by atoms with Crippen molar-refractivity contribution in [1.29, 1.82) is 0 Å². The number of hydrogen-bond acceptors (Lipinski definition) is 4. The summed E-state index contributed by atoms with van der Waals surface area (Å²) in [6, 6.07) is 11.2. The second kappa shape index (κ2) is 7.44. The number of amides is 1. The lowest BCUT2D eigenvalue weighted by atomic mass is 10.1. The number of carbonyl (C=O) groups excluding carboxylic acids is 1. The molecule has 1 N–H and O–H groups in total. The third kappa shape index (κ3) is 3.91. The molecule has 0 spiro atoms. The number of halogens is 1. The molecule has 0 saturated heterocycles. The van der Waals surface area contributed by atoms with Crippen molar-refractivity contribution in [1.82, 2.24) is 20.3 Å². The van der Waals surface area contributed by atoms with Gasteiger partial charge in [-0.2, -0.15) is 5.10 Å². The van der Waals surface area contributed by atoms with Gasteiger partial charge < -0.3 is 9.84 Å². The van der Waals surface area contributed by atoms with E-state index < -0.39 is 0 Å². The van der Waals surface area contributed by atoms with E-state index in [0.29, 0.717) is 12.3 Å². The molecule has 3 rings (SSSR count). The first-order chi connectivity index (χ1) is 11.6. The summed E-state index contributed by atoms with van der Waals surface area (Å²) in [5.41, 5.74) is 2.13. The molecule has 24 heavy (non-hydrogen) atoms. The molecule has 0 fully saturated rings. The molecule has 0 saturated carbocycles. The van der Waals surface area contributed by atoms with Crippen molar-refractivity contribution in [3.63, 3.8) is 0 Å². The van der Waals surface area contributed by atoms with Crippen molar-refractivity contribution < 1.29 is 9.32 Å². The highest BCUT2D eigenvalue weighted by Gasteiger charge is 2.13. The Morgan fingerprint density at radius 1 is 1.33 bits per heavy atom. The average Bonchev–Trinajstić information content (AvgIpc) is 3.20. The highest BCUT2D eigenvalue weighted by Crippen LogP contribution is 2.19. The molecule has 2 aromatic heterocycles. The number of carbonyl (C=O) groups is 1. The number of aromatic nitrogens is 3. The molecule has 2 heterocycles. The minimum absolute atomic E-state index is 0.237. The monoisotopic (exact) mass is 388 g/mol. The van der Waals surface area contributed by atoms with Gasteiger partial charge in [0.2, 0.25) is 0 Å². The van der Waals surface area contributed by atoms with E-state index in [1.165, 1.54) is 0 Å². The molecule has 0 aliphatic rings. The van der Waals surface area contributed by atoms with Crippen LogP contribution in [0.3, 0.4) is 0 Å². The summed E-state index contributed by atoms with van der Waals surface area (Å²) >= 11 is 3.43. The normalized spacial score (nSPS) is 10.8. The van der Waals surface area contributed by atoms with Gasteiger partial charge in [-0.15, -0.1) is 0 Å². The van der Waals surface area contributed by atoms with Crippen LogP contribution < -0.4 is 5.32 Å². The smallest absolute Gasteiger partial charge is 0.273 e. The third-order valence-corrected chi connectivity index (χ3v) is 4.32. The first-order valence-corrected chi connectivity index (χ1v) is 8.42. The fraction of sp³-hybridized carbons (Fsp3) is 0.235. The molecule has 1 aromatic carbocycles. The van der Waals surface area contributed by atoms with Gasteiger partial charge >= 0.3 is 0 Å². The van der Waals surface area contributed by atoms with Gasteiger partial charge in [0.1, 0.15) is 0 Å². The van der Waals surface area contributed by atoms with Gasteiger partial charge in [0.05, 0.1) is 10.2 Å². The van der Waals surface area contributed by atoms with E-state index >= 15 is 0 Å². The standard InChI is InChI=1S/C17H17BrN4O2/c1-12-14(18)11-22(20-12)9-5-8-19-17(23)15-10-16(24-21-15)13-6-3-2-4-7-13/h2-4,6-7,10-11H,5,8-9H2,1H3,(H,19,23). The summed E-state index contributed by atoms with van der Waals surface area (Å²) in [4.78, 5) is 12.1. The van der Waals surface area contributed by atoms with Crippen LogP contribution in [0.25, 0.3) is 11.3 Å². The van der Waals surface area contributed by atoms with Crippen molar-refractivity contribution in [2.45, 2.75) is 19.9 Å². The zero-order valence-corrected chi connectivity index (χ0v) is 14.8. The summed E-state index contributed by atoms with van der Waals surface area (Å²) < 4.78 is 8.08. The predicted molar refractivity (Wildman–Crippen MR) is 93.6 cm³/mol. The average molecular weight is 389 g/mol. The van der Waals surface area contributed by atoms with Gasteiger partial charge in [-0.05, 0) is 29.3 Å². The van der Waals surface area contributed by atoms with Gasteiger partial charge in [0.25, 0.3) is 5.91 Å². The fourth-order valence-electron chi connectivity index (χ4n) is 2.26. The molecule has 6 nitrogen and oxygen atoms in total. The molecular formula is C17H17BrN4O2. The Morgan fingerprint density at radius 3 is 2.83 bits per heavy atom. The fourth-order valence-corrected chi connectivity index (χ4v) is 2.58. The van der Waals surface area contributed by atoms with E-state index in [2.05, 4.69) is 31.5 Å². The summed E-state index contributed by atoms with van der Waals surface area (Å²) in [6.07, 6.45) is 2.71. The highest BCUT2D eigenvalue weighted by molar-refractivity contribution is 9.10. The van der Waals surface area contributed by atoms with Gasteiger partial charge in [0, 0.05) is 30.9 Å². The largest absolute Gasteiger partial charge is 0.355 e. The van der Waals surface area contributed by atoms with Crippen molar-refractivity contribution >= 4 is 21.8 Å². The van der Waals surface area contributed by atoms with Gasteiger partial charge in [-0.25, -0.2) is 0 Å². The zero-order valence-electron chi connectivity index (χ0n) is 13.2. The Hall–Kier alpha value is -2.41. The summed E-state index contributed by atoms with van der Waals surface area (Å²) in [6.45, 7) is 3.22. The molecule has 0 aliphatic heterocycles. The van der Waals surface area contributed by atoms with Crippen LogP contribution in [0, 0.1) is 6.92 Å². The third-order valence-electron chi connectivity index (χ3n) is 3.54. The molecule has 7 heteroatoms. The number of nitrogens with zero attached hydrogens (tertiary/aromatic N) is 3. The summed E-state index contributed by atoms with van der Waals surface area (Å²) in [7, 11) is 0. The number of rotatable bonds is 6. The Morgan fingerprint density at radius 2 is 2.12 bits per heavy atom. The zero-order chi connectivity index (χ0) is 16.9. The molecule has 3 aromatic rings. The lowest BCUT2D eigenvalue weighted by Gasteiger charge is -2.03.